The lowest BCUT2D eigenvalue weighted by molar-refractivity contribution is 0.600. The third-order valence-corrected chi connectivity index (χ3v) is 3.46. The van der Waals surface area contributed by atoms with Crippen molar-refractivity contribution in [3.63, 3.8) is 0 Å². The molecule has 0 aliphatic heterocycles. The summed E-state index contributed by atoms with van der Waals surface area (Å²) in [4.78, 5) is 4.19. The van der Waals surface area contributed by atoms with E-state index in [1.54, 1.807) is 0 Å². The molecule has 0 saturated carbocycles. The van der Waals surface area contributed by atoms with E-state index >= 15 is 0 Å². The summed E-state index contributed by atoms with van der Waals surface area (Å²) in [5.74, 6) is 0.266. The second-order valence-corrected chi connectivity index (χ2v) is 6.34. The van der Waals surface area contributed by atoms with E-state index in [4.69, 9.17) is 0 Å². The zero-order valence-corrected chi connectivity index (χ0v) is 10.3. The lowest BCUT2D eigenvalue weighted by Gasteiger charge is -1.93. The van der Waals surface area contributed by atoms with Gasteiger partial charge in [0, 0.05) is 11.8 Å². The summed E-state index contributed by atoms with van der Waals surface area (Å²) in [5, 5.41) is 0.749. The summed E-state index contributed by atoms with van der Waals surface area (Å²) >= 11 is 1.22. The first-order valence-corrected chi connectivity index (χ1v) is 7.44. The zero-order valence-electron chi connectivity index (χ0n) is 8.62. The summed E-state index contributed by atoms with van der Waals surface area (Å²) in [6.07, 6.45) is 1.18. The number of sulfone groups is 1. The van der Waals surface area contributed by atoms with Crippen LogP contribution >= 0.6 is 11.5 Å². The Morgan fingerprint density at radius 3 is 2.56 bits per heavy atom. The average molecular weight is 254 g/mol. The molecule has 4 nitrogen and oxygen atoms in total. The van der Waals surface area contributed by atoms with E-state index in [0.717, 1.165) is 10.6 Å². The molecule has 0 saturated heterocycles. The maximum Gasteiger partial charge on any atom is 0.158 e. The quantitative estimate of drug-likeness (QED) is 0.837. The molecule has 6 heteroatoms. The number of hydrogen-bond acceptors (Lipinski definition) is 5. The molecule has 1 heterocycles. The molecule has 0 aliphatic rings. The maximum atomic E-state index is 11.1. The Labute approximate surface area is 98.1 Å². The first-order chi connectivity index (χ1) is 7.54. The van der Waals surface area contributed by atoms with E-state index in [1.807, 2.05) is 30.3 Å². The van der Waals surface area contributed by atoms with Crippen molar-refractivity contribution in [2.24, 2.45) is 0 Å². The highest BCUT2D eigenvalue weighted by molar-refractivity contribution is 7.89. The van der Waals surface area contributed by atoms with Crippen LogP contribution in [0.2, 0.25) is 0 Å². The predicted molar refractivity (Wildman–Crippen MR) is 63.9 cm³/mol. The van der Waals surface area contributed by atoms with Crippen LogP contribution in [0.15, 0.2) is 30.3 Å². The first kappa shape index (κ1) is 11.2. The van der Waals surface area contributed by atoms with Crippen LogP contribution in [0.1, 0.15) is 5.82 Å². The fourth-order valence-corrected chi connectivity index (χ4v) is 2.61. The van der Waals surface area contributed by atoms with Crippen LogP contribution in [0.5, 0.6) is 0 Å². The van der Waals surface area contributed by atoms with Crippen LogP contribution in [-0.2, 0) is 15.6 Å². The minimum Gasteiger partial charge on any atom is -0.229 e. The smallest absolute Gasteiger partial charge is 0.158 e. The fraction of sp³-hybridized carbons (Fsp3) is 0.200. The Kier molecular flexibility index (Phi) is 3.02. The molecule has 0 bridgehead atoms. The molecule has 0 unspecified atom stereocenters. The van der Waals surface area contributed by atoms with Crippen LogP contribution in [0, 0.1) is 0 Å². The van der Waals surface area contributed by atoms with Gasteiger partial charge in [-0.3, -0.25) is 0 Å². The van der Waals surface area contributed by atoms with Gasteiger partial charge < -0.3 is 0 Å². The lowest BCUT2D eigenvalue weighted by atomic mass is 10.2. The first-order valence-electron chi connectivity index (χ1n) is 4.60. The third-order valence-electron chi connectivity index (χ3n) is 1.88. The number of nitrogens with zero attached hydrogens (tertiary/aromatic N) is 2. The summed E-state index contributed by atoms with van der Waals surface area (Å²) < 4.78 is 26.2. The standard InChI is InChI=1S/C10H10N2O2S2/c1-16(13,14)7-9-11-10(15-12-9)8-5-3-2-4-6-8/h2-6H,7H2,1H3. The second-order valence-electron chi connectivity index (χ2n) is 3.45. The Morgan fingerprint density at radius 1 is 1.25 bits per heavy atom. The molecule has 0 aliphatic carbocycles. The molecule has 1 aromatic carbocycles. The van der Waals surface area contributed by atoms with E-state index < -0.39 is 9.84 Å². The van der Waals surface area contributed by atoms with Crippen LogP contribution in [0.25, 0.3) is 10.6 Å². The minimum absolute atomic E-state index is 0.101. The molecular formula is C10H10N2O2S2. The van der Waals surface area contributed by atoms with Crippen molar-refractivity contribution in [2.45, 2.75) is 5.75 Å². The molecule has 2 rings (SSSR count). The summed E-state index contributed by atoms with van der Waals surface area (Å²) in [6, 6.07) is 9.58. The SMILES string of the molecule is CS(=O)(=O)Cc1nsc(-c2ccccc2)n1. The third kappa shape index (κ3) is 2.86. The maximum absolute atomic E-state index is 11.1. The lowest BCUT2D eigenvalue weighted by Crippen LogP contribution is -2.02. The molecule has 84 valence electrons. The van der Waals surface area contributed by atoms with E-state index in [9.17, 15) is 8.42 Å². The van der Waals surface area contributed by atoms with Gasteiger partial charge in [-0.15, -0.1) is 0 Å². The molecule has 0 amide bonds. The number of benzene rings is 1. The molecule has 2 aromatic rings. The molecule has 16 heavy (non-hydrogen) atoms. The summed E-state index contributed by atoms with van der Waals surface area (Å²) in [6.45, 7) is 0. The van der Waals surface area contributed by atoms with Crippen molar-refractivity contribution >= 4 is 21.4 Å². The van der Waals surface area contributed by atoms with Crippen molar-refractivity contribution in [3.05, 3.63) is 36.2 Å². The second kappa shape index (κ2) is 4.31. The van der Waals surface area contributed by atoms with Gasteiger partial charge in [0.15, 0.2) is 15.7 Å². The van der Waals surface area contributed by atoms with Gasteiger partial charge in [0.25, 0.3) is 0 Å². The zero-order chi connectivity index (χ0) is 11.6. The van der Waals surface area contributed by atoms with Gasteiger partial charge in [0.05, 0.1) is 0 Å². The average Bonchev–Trinajstić information content (AvgIpc) is 2.65. The predicted octanol–water partition coefficient (Wildman–Crippen LogP) is 1.75. The molecule has 0 fully saturated rings. The number of hydrogen-bond donors (Lipinski definition) is 0. The summed E-state index contributed by atoms with van der Waals surface area (Å²) in [5.41, 5.74) is 0.958. The Morgan fingerprint density at radius 2 is 1.94 bits per heavy atom. The Bertz CT molecular complexity index is 576. The topological polar surface area (TPSA) is 59.9 Å². The van der Waals surface area contributed by atoms with Gasteiger partial charge in [-0.25, -0.2) is 13.4 Å². The van der Waals surface area contributed by atoms with Crippen molar-refractivity contribution in [3.8, 4) is 10.6 Å². The van der Waals surface area contributed by atoms with Gasteiger partial charge in [-0.2, -0.15) is 4.37 Å². The van der Waals surface area contributed by atoms with Crippen LogP contribution in [0.3, 0.4) is 0 Å². The molecule has 0 N–H and O–H groups in total. The largest absolute Gasteiger partial charge is 0.229 e. The van der Waals surface area contributed by atoms with Crippen LogP contribution in [-0.4, -0.2) is 24.0 Å². The van der Waals surface area contributed by atoms with E-state index in [2.05, 4.69) is 9.36 Å². The molecule has 0 radical (unpaired) electrons. The number of aromatic nitrogens is 2. The van der Waals surface area contributed by atoms with Crippen LogP contribution < -0.4 is 0 Å². The minimum atomic E-state index is -3.06. The Hall–Kier alpha value is -1.27. The highest BCUT2D eigenvalue weighted by Gasteiger charge is 2.11. The monoisotopic (exact) mass is 254 g/mol. The van der Waals surface area contributed by atoms with Crippen molar-refractivity contribution in [1.82, 2.24) is 9.36 Å². The fourth-order valence-electron chi connectivity index (χ4n) is 1.25. The Balaban J connectivity index is 2.27. The molecule has 0 spiro atoms. The van der Waals surface area contributed by atoms with Gasteiger partial charge >= 0.3 is 0 Å². The van der Waals surface area contributed by atoms with Crippen LogP contribution in [0.4, 0.5) is 0 Å². The highest BCUT2D eigenvalue weighted by Crippen LogP contribution is 2.21. The van der Waals surface area contributed by atoms with Gasteiger partial charge in [0.1, 0.15) is 10.8 Å². The normalized spacial score (nSPS) is 11.6. The van der Waals surface area contributed by atoms with Crippen molar-refractivity contribution < 1.29 is 8.42 Å². The molecule has 0 atom stereocenters. The van der Waals surface area contributed by atoms with Gasteiger partial charge in [-0.05, 0) is 11.5 Å². The van der Waals surface area contributed by atoms with E-state index in [-0.39, 0.29) is 5.75 Å². The van der Waals surface area contributed by atoms with E-state index in [0.29, 0.717) is 5.82 Å². The molecular weight excluding hydrogens is 244 g/mol. The number of rotatable bonds is 3. The van der Waals surface area contributed by atoms with E-state index in [1.165, 1.54) is 17.8 Å². The van der Waals surface area contributed by atoms with Crippen molar-refractivity contribution in [1.29, 1.82) is 0 Å². The van der Waals surface area contributed by atoms with Crippen molar-refractivity contribution in [2.75, 3.05) is 6.26 Å². The van der Waals surface area contributed by atoms with Gasteiger partial charge in [-0.1, -0.05) is 30.3 Å². The molecule has 1 aromatic heterocycles. The highest BCUT2D eigenvalue weighted by atomic mass is 32.2. The van der Waals surface area contributed by atoms with Gasteiger partial charge in [0.2, 0.25) is 0 Å². The summed E-state index contributed by atoms with van der Waals surface area (Å²) in [7, 11) is -3.06.